The summed E-state index contributed by atoms with van der Waals surface area (Å²) in [6, 6.07) is 5.29. The van der Waals surface area contributed by atoms with Crippen molar-refractivity contribution in [2.24, 2.45) is 0 Å². The van der Waals surface area contributed by atoms with E-state index in [1.807, 2.05) is 0 Å². The molecule has 0 atom stereocenters. The highest BCUT2D eigenvalue weighted by Gasteiger charge is 2.11. The zero-order chi connectivity index (χ0) is 13.3. The lowest BCUT2D eigenvalue weighted by molar-refractivity contribution is 0.112. The first-order valence-electron chi connectivity index (χ1n) is 4.79. The summed E-state index contributed by atoms with van der Waals surface area (Å²) < 4.78 is 13.4. The van der Waals surface area contributed by atoms with Crippen molar-refractivity contribution in [2.45, 2.75) is 0 Å². The van der Waals surface area contributed by atoms with Gasteiger partial charge in [0, 0.05) is 11.1 Å². The van der Waals surface area contributed by atoms with Gasteiger partial charge >= 0.3 is 0 Å². The highest BCUT2D eigenvalue weighted by molar-refractivity contribution is 6.36. The van der Waals surface area contributed by atoms with E-state index in [1.54, 1.807) is 0 Å². The van der Waals surface area contributed by atoms with Crippen molar-refractivity contribution in [3.05, 3.63) is 50.8 Å². The molecule has 0 spiro atoms. The number of hydrogen-bond donors (Lipinski definition) is 0. The maximum Gasteiger partial charge on any atom is 0.150 e. The van der Waals surface area contributed by atoms with E-state index in [9.17, 15) is 9.18 Å². The topological polar surface area (TPSA) is 30.0 Å². The molecule has 0 N–H and O–H groups in total. The second-order valence-electron chi connectivity index (χ2n) is 3.47. The molecule has 0 unspecified atom stereocenters. The molecule has 2 nitrogen and oxygen atoms in total. The van der Waals surface area contributed by atoms with Crippen molar-refractivity contribution in [1.29, 1.82) is 0 Å². The molecule has 0 fully saturated rings. The van der Waals surface area contributed by atoms with Crippen LogP contribution < -0.4 is 0 Å². The SMILES string of the molecule is O=Cc1cc(Cl)nc(-c2cc(F)c(Cl)cc2Cl)c1. The van der Waals surface area contributed by atoms with Crippen LogP contribution in [0.5, 0.6) is 0 Å². The normalized spacial score (nSPS) is 10.4. The summed E-state index contributed by atoms with van der Waals surface area (Å²) in [4.78, 5) is 14.7. The Morgan fingerprint density at radius 1 is 1.06 bits per heavy atom. The molecule has 0 saturated heterocycles. The Hall–Kier alpha value is -1.16. The van der Waals surface area contributed by atoms with E-state index in [0.717, 1.165) is 6.07 Å². The lowest BCUT2D eigenvalue weighted by Gasteiger charge is -2.06. The quantitative estimate of drug-likeness (QED) is 0.459. The lowest BCUT2D eigenvalue weighted by Crippen LogP contribution is -1.91. The van der Waals surface area contributed by atoms with Crippen LogP contribution in [0.25, 0.3) is 11.3 Å². The molecule has 0 saturated carbocycles. The molecule has 0 amide bonds. The monoisotopic (exact) mass is 303 g/mol. The molecular formula is C12H5Cl3FNO. The molecule has 0 aliphatic heterocycles. The highest BCUT2D eigenvalue weighted by Crippen LogP contribution is 2.32. The molecule has 0 aliphatic carbocycles. The summed E-state index contributed by atoms with van der Waals surface area (Å²) in [7, 11) is 0. The van der Waals surface area contributed by atoms with Gasteiger partial charge in [0.2, 0.25) is 0 Å². The Labute approximate surface area is 117 Å². The van der Waals surface area contributed by atoms with Crippen LogP contribution in [0.3, 0.4) is 0 Å². The van der Waals surface area contributed by atoms with Gasteiger partial charge in [0.1, 0.15) is 17.3 Å². The summed E-state index contributed by atoms with van der Waals surface area (Å²) in [6.07, 6.45) is 0.622. The maximum absolute atomic E-state index is 13.4. The Bertz CT molecular complexity index is 631. The van der Waals surface area contributed by atoms with Crippen LogP contribution in [0, 0.1) is 5.82 Å². The van der Waals surface area contributed by atoms with E-state index in [1.165, 1.54) is 18.2 Å². The van der Waals surface area contributed by atoms with E-state index in [0.29, 0.717) is 23.1 Å². The van der Waals surface area contributed by atoms with E-state index in [4.69, 9.17) is 34.8 Å². The van der Waals surface area contributed by atoms with Crippen molar-refractivity contribution in [3.8, 4) is 11.3 Å². The molecule has 92 valence electrons. The third-order valence-corrected chi connectivity index (χ3v) is 3.03. The molecule has 18 heavy (non-hydrogen) atoms. The fourth-order valence-electron chi connectivity index (χ4n) is 1.44. The Morgan fingerprint density at radius 3 is 2.44 bits per heavy atom. The minimum Gasteiger partial charge on any atom is -0.298 e. The zero-order valence-electron chi connectivity index (χ0n) is 8.75. The maximum atomic E-state index is 13.4. The van der Waals surface area contributed by atoms with Gasteiger partial charge < -0.3 is 0 Å². The fraction of sp³-hybridized carbons (Fsp3) is 0. The number of nitrogens with zero attached hydrogens (tertiary/aromatic N) is 1. The molecule has 0 aliphatic rings. The zero-order valence-corrected chi connectivity index (χ0v) is 11.0. The van der Waals surface area contributed by atoms with Crippen LogP contribution in [0.1, 0.15) is 10.4 Å². The van der Waals surface area contributed by atoms with E-state index in [2.05, 4.69) is 4.98 Å². The predicted molar refractivity (Wildman–Crippen MR) is 70.0 cm³/mol. The van der Waals surface area contributed by atoms with Crippen LogP contribution in [-0.4, -0.2) is 11.3 Å². The van der Waals surface area contributed by atoms with Crippen molar-refractivity contribution >= 4 is 41.1 Å². The highest BCUT2D eigenvalue weighted by atomic mass is 35.5. The van der Waals surface area contributed by atoms with Gasteiger partial charge in [0.05, 0.1) is 15.7 Å². The van der Waals surface area contributed by atoms with Crippen molar-refractivity contribution in [2.75, 3.05) is 0 Å². The number of carbonyl (C=O) groups excluding carboxylic acids is 1. The van der Waals surface area contributed by atoms with Crippen molar-refractivity contribution in [1.82, 2.24) is 4.98 Å². The molecule has 1 heterocycles. The number of carbonyl (C=O) groups is 1. The van der Waals surface area contributed by atoms with Crippen LogP contribution >= 0.6 is 34.8 Å². The second kappa shape index (κ2) is 5.22. The third kappa shape index (κ3) is 2.64. The van der Waals surface area contributed by atoms with E-state index >= 15 is 0 Å². The number of benzene rings is 1. The number of halogens is 4. The van der Waals surface area contributed by atoms with Crippen molar-refractivity contribution in [3.63, 3.8) is 0 Å². The Balaban J connectivity index is 2.65. The van der Waals surface area contributed by atoms with Gasteiger partial charge in [0.25, 0.3) is 0 Å². The van der Waals surface area contributed by atoms with E-state index < -0.39 is 5.82 Å². The first-order chi connectivity index (χ1) is 8.51. The van der Waals surface area contributed by atoms with Crippen LogP contribution in [-0.2, 0) is 0 Å². The van der Waals surface area contributed by atoms with Gasteiger partial charge in [-0.25, -0.2) is 9.37 Å². The largest absolute Gasteiger partial charge is 0.298 e. The number of aromatic nitrogens is 1. The molecule has 6 heteroatoms. The average Bonchev–Trinajstić information content (AvgIpc) is 2.33. The minimum atomic E-state index is -0.620. The van der Waals surface area contributed by atoms with Gasteiger partial charge in [0.15, 0.2) is 0 Å². The van der Waals surface area contributed by atoms with Gasteiger partial charge in [-0.05, 0) is 24.3 Å². The number of aldehydes is 1. The Morgan fingerprint density at radius 2 is 1.78 bits per heavy atom. The summed E-state index contributed by atoms with van der Waals surface area (Å²) in [6.45, 7) is 0. The number of pyridine rings is 1. The predicted octanol–water partition coefficient (Wildman–Crippen LogP) is 4.66. The first-order valence-corrected chi connectivity index (χ1v) is 5.92. The number of hydrogen-bond acceptors (Lipinski definition) is 2. The molecule has 2 rings (SSSR count). The fourth-order valence-corrected chi connectivity index (χ4v) is 2.14. The molecule has 2 aromatic rings. The van der Waals surface area contributed by atoms with Crippen molar-refractivity contribution < 1.29 is 9.18 Å². The van der Waals surface area contributed by atoms with Crippen LogP contribution in [0.2, 0.25) is 15.2 Å². The molecule has 0 radical (unpaired) electrons. The lowest BCUT2D eigenvalue weighted by atomic mass is 10.1. The van der Waals surface area contributed by atoms with Gasteiger partial charge in [-0.3, -0.25) is 4.79 Å². The summed E-state index contributed by atoms with van der Waals surface area (Å²) in [5.74, 6) is -0.620. The van der Waals surface area contributed by atoms with Gasteiger partial charge in [-0.15, -0.1) is 0 Å². The standard InChI is InChI=1S/C12H5Cl3FNO/c13-8-4-9(14)10(16)3-7(8)11-1-6(5-18)2-12(15)17-11/h1-5H. The third-order valence-electron chi connectivity index (χ3n) is 2.24. The summed E-state index contributed by atoms with van der Waals surface area (Å²) in [5.41, 5.74) is 0.964. The molecule has 0 bridgehead atoms. The average molecular weight is 305 g/mol. The van der Waals surface area contributed by atoms with Gasteiger partial charge in [-0.1, -0.05) is 34.8 Å². The second-order valence-corrected chi connectivity index (χ2v) is 4.67. The van der Waals surface area contributed by atoms with E-state index in [-0.39, 0.29) is 15.2 Å². The van der Waals surface area contributed by atoms with Crippen LogP contribution in [0.15, 0.2) is 24.3 Å². The first kappa shape index (κ1) is 13.3. The molecule has 1 aromatic heterocycles. The molecule has 1 aromatic carbocycles. The Kier molecular flexibility index (Phi) is 3.85. The summed E-state index contributed by atoms with van der Waals surface area (Å²) >= 11 is 17.3. The van der Waals surface area contributed by atoms with Crippen LogP contribution in [0.4, 0.5) is 4.39 Å². The number of rotatable bonds is 2. The minimum absolute atomic E-state index is 0.0820. The smallest absolute Gasteiger partial charge is 0.150 e. The van der Waals surface area contributed by atoms with Gasteiger partial charge in [-0.2, -0.15) is 0 Å². The summed E-state index contributed by atoms with van der Waals surface area (Å²) in [5, 5.41) is 0.274. The molecular weight excluding hydrogens is 299 g/mol.